The van der Waals surface area contributed by atoms with E-state index >= 15 is 0 Å². The van der Waals surface area contributed by atoms with E-state index in [2.05, 4.69) is 31.2 Å². The van der Waals surface area contributed by atoms with Gasteiger partial charge in [-0.05, 0) is 99.8 Å². The average molecular weight is 906 g/mol. The van der Waals surface area contributed by atoms with Gasteiger partial charge in [0.15, 0.2) is 5.82 Å². The lowest BCUT2D eigenvalue weighted by molar-refractivity contribution is -0.141. The van der Waals surface area contributed by atoms with E-state index in [1.165, 1.54) is 18.9 Å². The number of nitriles is 1. The number of aryl methyl sites for hydroxylation is 2. The quantitative estimate of drug-likeness (QED) is 0.0701. The second-order valence-electron chi connectivity index (χ2n) is 15.7. The third kappa shape index (κ3) is 12.3. The van der Waals surface area contributed by atoms with Crippen molar-refractivity contribution in [1.29, 1.82) is 5.26 Å². The lowest BCUT2D eigenvalue weighted by Gasteiger charge is -2.32. The highest BCUT2D eigenvalue weighted by molar-refractivity contribution is 6.00. The first-order chi connectivity index (χ1) is 31.7. The molecule has 350 valence electrons. The summed E-state index contributed by atoms with van der Waals surface area (Å²) < 4.78 is 17.9. The summed E-state index contributed by atoms with van der Waals surface area (Å²) in [7, 11) is 1.41. The van der Waals surface area contributed by atoms with E-state index in [0.29, 0.717) is 63.3 Å². The molecule has 4 atom stereocenters. The Kier molecular flexibility index (Phi) is 17.9. The van der Waals surface area contributed by atoms with E-state index in [9.17, 15) is 24.0 Å². The van der Waals surface area contributed by atoms with Gasteiger partial charge in [0.25, 0.3) is 5.91 Å². The third-order valence-electron chi connectivity index (χ3n) is 10.7. The van der Waals surface area contributed by atoms with Gasteiger partial charge in [0.05, 0.1) is 29.6 Å². The second kappa shape index (κ2) is 23.7. The zero-order valence-corrected chi connectivity index (χ0v) is 37.9. The Morgan fingerprint density at radius 2 is 1.50 bits per heavy atom. The SMILES string of the molecule is CCCOc1ccc(-c2nc(C)c(C(=O)N[C@@H](CCN)C(=O)N(C)[C@@H]3C(=O)N[C@@H](C)C(=O)N[C@H](C(=O)NCC#N)Cc4ccc(OCCN)c(c4)-c4cc3ccc4OCCN)c(C)n2)cc1. The number of nitrogens with two attached hydrogens (primary N) is 3. The fourth-order valence-electron chi connectivity index (χ4n) is 7.45. The normalized spacial score (nSPS) is 16.3. The van der Waals surface area contributed by atoms with Gasteiger partial charge < -0.3 is 57.6 Å². The number of fused-ring (bicyclic) bond motifs is 5. The lowest BCUT2D eigenvalue weighted by Crippen LogP contribution is -2.56. The molecule has 10 N–H and O–H groups in total. The smallest absolute Gasteiger partial charge is 0.255 e. The van der Waals surface area contributed by atoms with Crippen LogP contribution in [0, 0.1) is 25.2 Å². The van der Waals surface area contributed by atoms with Crippen molar-refractivity contribution in [3.63, 3.8) is 0 Å². The largest absolute Gasteiger partial charge is 0.494 e. The molecule has 0 fully saturated rings. The summed E-state index contributed by atoms with van der Waals surface area (Å²) in [5, 5.41) is 19.9. The van der Waals surface area contributed by atoms with Crippen LogP contribution in [0.4, 0.5) is 0 Å². The van der Waals surface area contributed by atoms with Crippen LogP contribution in [0.5, 0.6) is 17.2 Å². The molecule has 1 aromatic heterocycles. The highest BCUT2D eigenvalue weighted by Gasteiger charge is 2.36. The van der Waals surface area contributed by atoms with Crippen molar-refractivity contribution in [2.45, 2.75) is 71.1 Å². The number of nitrogens with one attached hydrogen (secondary N) is 4. The van der Waals surface area contributed by atoms with Crippen LogP contribution >= 0.6 is 0 Å². The minimum Gasteiger partial charge on any atom is -0.494 e. The number of carbonyl (C=O) groups is 5. The summed E-state index contributed by atoms with van der Waals surface area (Å²) in [5.41, 5.74) is 21.2. The fourth-order valence-corrected chi connectivity index (χ4v) is 7.45. The number of nitrogens with zero attached hydrogens (tertiary/aromatic N) is 4. The number of likely N-dealkylation sites (N-methyl/N-ethyl adjacent to an activating group) is 1. The van der Waals surface area contributed by atoms with Crippen molar-refractivity contribution in [1.82, 2.24) is 36.1 Å². The first kappa shape index (κ1) is 49.9. The van der Waals surface area contributed by atoms with Gasteiger partial charge in [0.2, 0.25) is 23.6 Å². The van der Waals surface area contributed by atoms with Gasteiger partial charge >= 0.3 is 0 Å². The number of benzene rings is 3. The summed E-state index contributed by atoms with van der Waals surface area (Å²) in [6.07, 6.45) is 0.862. The summed E-state index contributed by atoms with van der Waals surface area (Å²) in [4.78, 5) is 80.9. The zero-order valence-electron chi connectivity index (χ0n) is 37.9. The van der Waals surface area contributed by atoms with Gasteiger partial charge in [-0.2, -0.15) is 5.26 Å². The maximum absolute atomic E-state index is 14.7. The molecule has 1 aliphatic heterocycles. The molecule has 66 heavy (non-hydrogen) atoms. The van der Waals surface area contributed by atoms with Crippen LogP contribution in [0.15, 0.2) is 60.7 Å². The average Bonchev–Trinajstić information content (AvgIpc) is 3.30. The van der Waals surface area contributed by atoms with Crippen LogP contribution < -0.4 is 52.7 Å². The summed E-state index contributed by atoms with van der Waals surface area (Å²) in [5.74, 6) is -1.50. The van der Waals surface area contributed by atoms with Crippen LogP contribution in [0.1, 0.15) is 65.6 Å². The highest BCUT2D eigenvalue weighted by Crippen LogP contribution is 2.40. The maximum atomic E-state index is 14.7. The van der Waals surface area contributed by atoms with Crippen molar-refractivity contribution in [3.8, 4) is 45.8 Å². The van der Waals surface area contributed by atoms with Crippen molar-refractivity contribution in [2.24, 2.45) is 17.2 Å². The van der Waals surface area contributed by atoms with Gasteiger partial charge in [-0.1, -0.05) is 19.1 Å². The molecule has 0 unspecified atom stereocenters. The lowest BCUT2D eigenvalue weighted by atomic mass is 9.93. The molecule has 0 radical (unpaired) electrons. The molecule has 4 aromatic rings. The fraction of sp³-hybridized carbons (Fsp3) is 0.404. The molecule has 0 saturated heterocycles. The Balaban J connectivity index is 1.56. The van der Waals surface area contributed by atoms with Crippen molar-refractivity contribution < 1.29 is 38.2 Å². The van der Waals surface area contributed by atoms with Gasteiger partial charge in [0, 0.05) is 43.2 Å². The Hall–Kier alpha value is -7.14. The van der Waals surface area contributed by atoms with E-state index < -0.39 is 53.7 Å². The molecule has 19 nitrogen and oxygen atoms in total. The standard InChI is InChI=1S/C47H59N11O8/c1-6-21-64-33-11-8-31(9-12-33)42-53-27(2)40(28(3)54-42)45(61)56-36(15-16-48)47(63)58(5)41-32-10-14-39(66-23-19-51)35(26-32)34-24-30(7-13-38(34)65-22-18-50)25-37(44(60)52-20-17-49)57-43(59)29(4)55-46(41)62/h7-14,24,26,29,36-37,41H,6,15-16,18-23,25,48,50-51H2,1-5H3,(H,52,60)(H,55,62)(H,56,61)(H,57,59)/t29-,36-,37-,41-/m0/s1. The molecule has 0 saturated carbocycles. The molecule has 5 rings (SSSR count). The van der Waals surface area contributed by atoms with Gasteiger partial charge in [0.1, 0.15) is 61.2 Å². The topological polar surface area (TPSA) is 292 Å². The minimum atomic E-state index is -1.41. The molecule has 1 aliphatic rings. The monoisotopic (exact) mass is 905 g/mol. The number of rotatable bonds is 18. The van der Waals surface area contributed by atoms with E-state index in [1.54, 1.807) is 50.2 Å². The number of carbonyl (C=O) groups excluding carboxylic acids is 5. The highest BCUT2D eigenvalue weighted by atomic mass is 16.5. The third-order valence-corrected chi connectivity index (χ3v) is 10.7. The Morgan fingerprint density at radius 3 is 2.11 bits per heavy atom. The van der Waals surface area contributed by atoms with Crippen LogP contribution in [-0.4, -0.2) is 116 Å². The van der Waals surface area contributed by atoms with Crippen LogP contribution in [0.25, 0.3) is 22.5 Å². The number of aromatic nitrogens is 2. The Labute approximate surface area is 384 Å². The molecule has 0 aliphatic carbocycles. The van der Waals surface area contributed by atoms with Crippen LogP contribution in [0.2, 0.25) is 0 Å². The van der Waals surface area contributed by atoms with E-state index in [1.807, 2.05) is 37.3 Å². The van der Waals surface area contributed by atoms with Crippen molar-refractivity contribution in [2.75, 3.05) is 53.0 Å². The molecular weight excluding hydrogens is 847 g/mol. The summed E-state index contributed by atoms with van der Waals surface area (Å²) in [6.45, 7) is 7.74. The number of hydrogen-bond acceptors (Lipinski definition) is 14. The summed E-state index contributed by atoms with van der Waals surface area (Å²) in [6, 6.07) is 14.3. The Morgan fingerprint density at radius 1 is 0.864 bits per heavy atom. The molecule has 2 heterocycles. The van der Waals surface area contributed by atoms with E-state index in [4.69, 9.17) is 36.7 Å². The van der Waals surface area contributed by atoms with Gasteiger partial charge in [-0.25, -0.2) is 9.97 Å². The second-order valence-corrected chi connectivity index (χ2v) is 15.7. The van der Waals surface area contributed by atoms with Crippen molar-refractivity contribution in [3.05, 3.63) is 88.7 Å². The molecule has 5 amide bonds. The predicted octanol–water partition coefficient (Wildman–Crippen LogP) is 1.72. The first-order valence-electron chi connectivity index (χ1n) is 21.8. The van der Waals surface area contributed by atoms with Gasteiger partial charge in [-0.15, -0.1) is 0 Å². The maximum Gasteiger partial charge on any atom is 0.255 e. The van der Waals surface area contributed by atoms with Crippen LogP contribution in [0.3, 0.4) is 0 Å². The number of amides is 5. The van der Waals surface area contributed by atoms with Crippen molar-refractivity contribution >= 4 is 29.5 Å². The van der Waals surface area contributed by atoms with E-state index in [0.717, 1.165) is 12.0 Å². The van der Waals surface area contributed by atoms with Crippen LogP contribution in [-0.2, 0) is 25.6 Å². The molecule has 0 spiro atoms. The number of ether oxygens (including phenoxy) is 3. The Bertz CT molecular complexity index is 2400. The first-order valence-corrected chi connectivity index (χ1v) is 21.8. The minimum absolute atomic E-state index is 0.00122. The molecule has 19 heteroatoms. The van der Waals surface area contributed by atoms with E-state index in [-0.39, 0.29) is 57.8 Å². The molecule has 4 bridgehead atoms. The molecule has 3 aromatic carbocycles. The summed E-state index contributed by atoms with van der Waals surface area (Å²) >= 11 is 0. The molecular formula is C47H59N11O8. The number of hydrogen-bond donors (Lipinski definition) is 7. The van der Waals surface area contributed by atoms with Gasteiger partial charge in [-0.3, -0.25) is 24.0 Å². The zero-order chi connectivity index (χ0) is 47.9. The predicted molar refractivity (Wildman–Crippen MR) is 246 cm³/mol.